The standard InChI is InChI=1S/2C21H36O3S.4C19H32O3S/c1-5-18(2)12-10-8-6-7-9-11-13-19(3)20-14-16-21(17-15-20)25(22,23)24-4;1-5-11-18(2)12-9-7-6-8-10-13-19(3)20-14-16-21(17-15-20)25(22,23)24-4;1-5-16(2)10-8-6-7-9-11-17(3)18-12-14-19(15-13-18)23(20,21)22-4;1-5-6-9-16(2)10-7-8-11-17(3)18-12-14-19(15-13-18)23(20,21)22-4;1-5-6-7-8-9-16(2)10-11-17(3)18-12-14-19(15-13-18)23(20,21)22-4;1-5-6-7-8-9-10-16(2)15-17(3)18-11-13-19(14-12-18)23(20,21)22-4/h2*14-19H,5-13H2,1-4H3;3*12-17H,5-11H2,1-4H3;11-14,16-17H,5-10,15H2,1-4H3. The van der Waals surface area contributed by atoms with E-state index < -0.39 is 60.7 Å². The first-order chi connectivity index (χ1) is 67.4. The summed E-state index contributed by atoms with van der Waals surface area (Å²) in [5.41, 5.74) is 7.17. The van der Waals surface area contributed by atoms with E-state index in [-0.39, 0.29) is 29.4 Å². The first-order valence-corrected chi connectivity index (χ1v) is 63.3. The van der Waals surface area contributed by atoms with Crippen molar-refractivity contribution in [2.24, 2.45) is 35.5 Å². The lowest BCUT2D eigenvalue weighted by molar-refractivity contribution is 0.396. The molecule has 12 unspecified atom stereocenters. The van der Waals surface area contributed by atoms with E-state index in [1.54, 1.807) is 72.8 Å². The van der Waals surface area contributed by atoms with E-state index in [2.05, 4.69) is 150 Å². The molecule has 6 aromatic rings. The highest BCUT2D eigenvalue weighted by atomic mass is 32.2. The van der Waals surface area contributed by atoms with Gasteiger partial charge in [0, 0.05) is 0 Å². The molecule has 12 atom stereocenters. The summed E-state index contributed by atoms with van der Waals surface area (Å²) in [6.07, 6.45) is 59.6. The topological polar surface area (TPSA) is 260 Å². The molecule has 0 bridgehead atoms. The van der Waals surface area contributed by atoms with Crippen molar-refractivity contribution < 1.29 is 75.6 Å². The van der Waals surface area contributed by atoms with E-state index in [4.69, 9.17) is 0 Å². The molecular formula is C118H200O18S6. The molecule has 142 heavy (non-hydrogen) atoms. The van der Waals surface area contributed by atoms with Crippen LogP contribution in [0.2, 0.25) is 0 Å². The molecular weight excluding hydrogens is 1900 g/mol. The Hall–Kier alpha value is -5.22. The molecule has 0 radical (unpaired) electrons. The molecule has 0 aliphatic rings. The molecule has 24 heteroatoms. The molecule has 0 spiro atoms. The van der Waals surface area contributed by atoms with Crippen LogP contribution in [0.15, 0.2) is 175 Å². The third-order valence-electron chi connectivity index (χ3n) is 28.8. The zero-order valence-corrected chi connectivity index (χ0v) is 98.0. The van der Waals surface area contributed by atoms with Gasteiger partial charge in [0.1, 0.15) is 0 Å². The average Bonchev–Trinajstić information content (AvgIpc) is 0.914. The van der Waals surface area contributed by atoms with Gasteiger partial charge in [-0.3, -0.25) is 25.1 Å². The molecule has 0 aromatic heterocycles. The number of unbranched alkanes of at least 4 members (excludes halogenated alkanes) is 21. The summed E-state index contributed by atoms with van der Waals surface area (Å²) in [6, 6.07) is 42.5. The van der Waals surface area contributed by atoms with Crippen molar-refractivity contribution in [3.63, 3.8) is 0 Å². The van der Waals surface area contributed by atoms with Crippen molar-refractivity contribution in [1.29, 1.82) is 0 Å². The summed E-state index contributed by atoms with van der Waals surface area (Å²) in [4.78, 5) is 1.34. The van der Waals surface area contributed by atoms with E-state index in [0.29, 0.717) is 41.4 Å². The summed E-state index contributed by atoms with van der Waals surface area (Å²) in [7, 11) is -14.3. The highest BCUT2D eigenvalue weighted by Gasteiger charge is 2.23. The fourth-order valence-corrected chi connectivity index (χ4v) is 21.8. The number of hydrogen-bond donors (Lipinski definition) is 0. The van der Waals surface area contributed by atoms with Crippen molar-refractivity contribution in [1.82, 2.24) is 0 Å². The van der Waals surface area contributed by atoms with E-state index in [1.807, 2.05) is 72.8 Å². The lowest BCUT2D eigenvalue weighted by atomic mass is 9.88. The minimum atomic E-state index is -3.58. The quantitative estimate of drug-likeness (QED) is 0.0254. The van der Waals surface area contributed by atoms with Gasteiger partial charge in [0.2, 0.25) is 0 Å². The van der Waals surface area contributed by atoms with Crippen molar-refractivity contribution >= 4 is 60.7 Å². The number of rotatable bonds is 70. The predicted octanol–water partition coefficient (Wildman–Crippen LogP) is 34.6. The summed E-state index contributed by atoms with van der Waals surface area (Å²) >= 11 is 0. The van der Waals surface area contributed by atoms with Crippen molar-refractivity contribution in [2.45, 2.75) is 485 Å². The molecule has 0 fully saturated rings. The highest BCUT2D eigenvalue weighted by Crippen LogP contribution is 2.34. The summed E-state index contributed by atoms with van der Waals surface area (Å²) < 4.78 is 167. The van der Waals surface area contributed by atoms with E-state index >= 15 is 0 Å². The Morgan fingerprint density at radius 1 is 0.169 bits per heavy atom. The second-order valence-corrected chi connectivity index (χ2v) is 51.4. The summed E-state index contributed by atoms with van der Waals surface area (Å²) in [5, 5.41) is 0. The number of hydrogen-bond acceptors (Lipinski definition) is 18. The lowest BCUT2D eigenvalue weighted by Gasteiger charge is -2.18. The second-order valence-electron chi connectivity index (χ2n) is 41.1. The Bertz CT molecular complexity index is 4860. The summed E-state index contributed by atoms with van der Waals surface area (Å²) in [5.74, 6) is 7.67. The van der Waals surface area contributed by atoms with Crippen LogP contribution in [0.25, 0.3) is 0 Å². The van der Waals surface area contributed by atoms with Crippen LogP contribution in [0.1, 0.15) is 489 Å². The molecule has 0 amide bonds. The van der Waals surface area contributed by atoms with Gasteiger partial charge in [0.25, 0.3) is 60.7 Å². The Morgan fingerprint density at radius 3 is 0.570 bits per heavy atom. The predicted molar refractivity (Wildman–Crippen MR) is 596 cm³/mol. The minimum absolute atomic E-state index is 0.222. The average molecular weight is 2100 g/mol. The van der Waals surface area contributed by atoms with Crippen molar-refractivity contribution in [3.8, 4) is 0 Å². The van der Waals surface area contributed by atoms with Gasteiger partial charge in [-0.1, -0.05) is 454 Å². The van der Waals surface area contributed by atoms with E-state index in [0.717, 1.165) is 68.1 Å². The zero-order valence-electron chi connectivity index (χ0n) is 93.1. The van der Waals surface area contributed by atoms with Gasteiger partial charge >= 0.3 is 0 Å². The molecule has 816 valence electrons. The number of benzene rings is 6. The van der Waals surface area contributed by atoms with Gasteiger partial charge in [0.15, 0.2) is 0 Å². The van der Waals surface area contributed by atoms with Gasteiger partial charge in [-0.05, 0) is 216 Å². The normalized spacial score (nSPS) is 14.5. The van der Waals surface area contributed by atoms with Crippen LogP contribution in [-0.2, 0) is 85.8 Å². The molecule has 0 aliphatic carbocycles. The van der Waals surface area contributed by atoms with E-state index in [1.165, 1.54) is 333 Å². The third-order valence-corrected chi connectivity index (χ3v) is 36.5. The largest absolute Gasteiger partial charge is 0.296 e. The first-order valence-electron chi connectivity index (χ1n) is 54.9. The maximum atomic E-state index is 11.6. The van der Waals surface area contributed by atoms with Gasteiger partial charge in [0.05, 0.1) is 72.0 Å². The highest BCUT2D eigenvalue weighted by molar-refractivity contribution is 7.88. The molecule has 0 N–H and O–H groups in total. The monoisotopic (exact) mass is 2100 g/mol. The van der Waals surface area contributed by atoms with Crippen molar-refractivity contribution in [3.05, 3.63) is 179 Å². The molecule has 0 saturated carbocycles. The van der Waals surface area contributed by atoms with Crippen LogP contribution in [0, 0.1) is 35.5 Å². The van der Waals surface area contributed by atoms with Crippen LogP contribution in [0.4, 0.5) is 0 Å². The van der Waals surface area contributed by atoms with Gasteiger partial charge < -0.3 is 0 Å². The van der Waals surface area contributed by atoms with E-state index in [9.17, 15) is 50.5 Å². The van der Waals surface area contributed by atoms with Gasteiger partial charge in [-0.2, -0.15) is 50.5 Å². The molecule has 0 aliphatic heterocycles. The molecule has 6 rings (SSSR count). The van der Waals surface area contributed by atoms with Crippen LogP contribution in [-0.4, -0.2) is 93.2 Å². The fraction of sp³-hybridized carbons (Fsp3) is 0.695. The Labute approximate surface area is 871 Å². The smallest absolute Gasteiger partial charge is 0.270 e. The van der Waals surface area contributed by atoms with Crippen molar-refractivity contribution in [2.75, 3.05) is 42.7 Å². The summed E-state index contributed by atoms with van der Waals surface area (Å²) in [6.45, 7) is 40.9. The second kappa shape index (κ2) is 77.2. The van der Waals surface area contributed by atoms with Crippen LogP contribution < -0.4 is 0 Å². The van der Waals surface area contributed by atoms with Gasteiger partial charge in [-0.25, -0.2) is 0 Å². The first kappa shape index (κ1) is 135. The molecule has 0 heterocycles. The van der Waals surface area contributed by atoms with Crippen LogP contribution in [0.5, 0.6) is 0 Å². The Kier molecular flexibility index (Phi) is 73.3. The van der Waals surface area contributed by atoms with Crippen LogP contribution in [0.3, 0.4) is 0 Å². The van der Waals surface area contributed by atoms with Gasteiger partial charge in [-0.15, -0.1) is 0 Å². The SMILES string of the molecule is CCC(C)CCCCCCC(C)c1ccc(S(=O)(=O)OC)cc1.CCC(C)CCCCCCCCC(C)c1ccc(S(=O)(=O)OC)cc1.CCCC(C)CCCCCCCC(C)c1ccc(S(=O)(=O)OC)cc1.CCCCC(C)CCCCC(C)c1ccc(S(=O)(=O)OC)cc1.CCCCCCC(C)CCC(C)c1ccc(S(=O)(=O)OC)cc1.CCCCCCCC(C)CC(C)c1ccc(S(=O)(=O)OC)cc1. The lowest BCUT2D eigenvalue weighted by Crippen LogP contribution is -2.05. The fourth-order valence-electron chi connectivity index (χ4n) is 17.8. The Morgan fingerprint density at radius 2 is 0.338 bits per heavy atom. The van der Waals surface area contributed by atoms with Crippen LogP contribution >= 0.6 is 0 Å². The maximum Gasteiger partial charge on any atom is 0.296 e. The third kappa shape index (κ3) is 58.7. The molecule has 6 aromatic carbocycles. The minimum Gasteiger partial charge on any atom is -0.270 e. The zero-order chi connectivity index (χ0) is 107. The molecule has 18 nitrogen and oxygen atoms in total. The maximum absolute atomic E-state index is 11.6. The molecule has 0 saturated heterocycles. The Balaban J connectivity index is 0.000000852.